The van der Waals surface area contributed by atoms with Crippen LogP contribution in [0.1, 0.15) is 11.1 Å². The fourth-order valence-electron chi connectivity index (χ4n) is 2.50. The summed E-state index contributed by atoms with van der Waals surface area (Å²) < 4.78 is 0. The van der Waals surface area contributed by atoms with Gasteiger partial charge in [0.15, 0.2) is 0 Å². The summed E-state index contributed by atoms with van der Waals surface area (Å²) in [7, 11) is 0. The van der Waals surface area contributed by atoms with Crippen molar-refractivity contribution in [1.29, 1.82) is 0 Å². The van der Waals surface area contributed by atoms with Gasteiger partial charge in [0, 0.05) is 11.4 Å². The maximum atomic E-state index is 2.36. The van der Waals surface area contributed by atoms with Crippen molar-refractivity contribution in [1.82, 2.24) is 0 Å². The summed E-state index contributed by atoms with van der Waals surface area (Å²) in [6.45, 7) is 4.24. The fraction of sp³-hybridized carbons (Fsp3) is 0.158. The van der Waals surface area contributed by atoms with Crippen molar-refractivity contribution < 1.29 is 0 Å². The van der Waals surface area contributed by atoms with Crippen LogP contribution < -0.4 is 4.90 Å². The second-order valence-electron chi connectivity index (χ2n) is 5.30. The van der Waals surface area contributed by atoms with Crippen molar-refractivity contribution in [2.24, 2.45) is 0 Å². The average molecular weight is 261 g/mol. The normalized spacial score (nSPS) is 13.9. The SMILES string of the molecule is Cc1ccc(N(c2ccc(C)cc2)C2C=CC=C2)cc1. The first-order valence-corrected chi connectivity index (χ1v) is 7.01. The van der Waals surface area contributed by atoms with Gasteiger partial charge in [0.2, 0.25) is 0 Å². The summed E-state index contributed by atoms with van der Waals surface area (Å²) in [5.41, 5.74) is 5.02. The zero-order valence-corrected chi connectivity index (χ0v) is 12.0. The molecule has 0 aromatic heterocycles. The van der Waals surface area contributed by atoms with Crippen LogP contribution in [0.25, 0.3) is 0 Å². The molecule has 0 unspecified atom stereocenters. The first-order chi connectivity index (χ1) is 9.74. The lowest BCUT2D eigenvalue weighted by Gasteiger charge is -2.29. The minimum Gasteiger partial charge on any atom is -0.331 e. The van der Waals surface area contributed by atoms with Crippen LogP contribution >= 0.6 is 0 Å². The van der Waals surface area contributed by atoms with E-state index >= 15 is 0 Å². The van der Waals surface area contributed by atoms with Crippen molar-refractivity contribution >= 4 is 11.4 Å². The van der Waals surface area contributed by atoms with E-state index in [1.54, 1.807) is 0 Å². The Morgan fingerprint density at radius 3 is 1.45 bits per heavy atom. The Morgan fingerprint density at radius 1 is 0.650 bits per heavy atom. The highest BCUT2D eigenvalue weighted by Gasteiger charge is 2.17. The van der Waals surface area contributed by atoms with Crippen LogP contribution in [0.15, 0.2) is 72.8 Å². The predicted octanol–water partition coefficient (Wildman–Crippen LogP) is 4.94. The Labute approximate surface area is 120 Å². The lowest BCUT2D eigenvalue weighted by molar-refractivity contribution is 0.954. The lowest BCUT2D eigenvalue weighted by Crippen LogP contribution is -2.26. The van der Waals surface area contributed by atoms with Crippen LogP contribution in [0.2, 0.25) is 0 Å². The summed E-state index contributed by atoms with van der Waals surface area (Å²) in [5, 5.41) is 0. The van der Waals surface area contributed by atoms with E-state index < -0.39 is 0 Å². The number of hydrogen-bond acceptors (Lipinski definition) is 1. The van der Waals surface area contributed by atoms with E-state index in [9.17, 15) is 0 Å². The van der Waals surface area contributed by atoms with Crippen LogP contribution in [0.5, 0.6) is 0 Å². The smallest absolute Gasteiger partial charge is 0.0712 e. The summed E-state index contributed by atoms with van der Waals surface area (Å²) >= 11 is 0. The lowest BCUT2D eigenvalue weighted by atomic mass is 10.1. The molecule has 1 heteroatoms. The van der Waals surface area contributed by atoms with Gasteiger partial charge in [0.25, 0.3) is 0 Å². The zero-order chi connectivity index (χ0) is 13.9. The van der Waals surface area contributed by atoms with Gasteiger partial charge in [-0.05, 0) is 38.1 Å². The Bertz CT molecular complexity index is 575. The molecule has 0 bridgehead atoms. The largest absolute Gasteiger partial charge is 0.331 e. The average Bonchev–Trinajstić information content (AvgIpc) is 2.97. The van der Waals surface area contributed by atoms with Gasteiger partial charge < -0.3 is 4.90 Å². The molecular formula is C19H19N. The van der Waals surface area contributed by atoms with Gasteiger partial charge >= 0.3 is 0 Å². The molecule has 0 spiro atoms. The first kappa shape index (κ1) is 12.7. The molecule has 0 aliphatic heterocycles. The number of benzene rings is 2. The molecule has 3 rings (SSSR count). The van der Waals surface area contributed by atoms with E-state index in [1.807, 2.05) is 0 Å². The summed E-state index contributed by atoms with van der Waals surface area (Å²) in [6.07, 6.45) is 8.67. The number of rotatable bonds is 3. The molecule has 0 radical (unpaired) electrons. The molecular weight excluding hydrogens is 242 g/mol. The number of allylic oxidation sites excluding steroid dienone is 2. The third-order valence-corrected chi connectivity index (χ3v) is 3.65. The van der Waals surface area contributed by atoms with E-state index in [1.165, 1.54) is 22.5 Å². The molecule has 1 aliphatic rings. The van der Waals surface area contributed by atoms with Gasteiger partial charge in [-0.25, -0.2) is 0 Å². The van der Waals surface area contributed by atoms with Crippen molar-refractivity contribution in [3.63, 3.8) is 0 Å². The Balaban J connectivity index is 2.03. The van der Waals surface area contributed by atoms with E-state index in [0.29, 0.717) is 6.04 Å². The first-order valence-electron chi connectivity index (χ1n) is 7.01. The molecule has 0 heterocycles. The molecule has 0 saturated heterocycles. The Hall–Kier alpha value is -2.28. The van der Waals surface area contributed by atoms with Crippen LogP contribution in [-0.4, -0.2) is 6.04 Å². The molecule has 0 N–H and O–H groups in total. The molecule has 0 atom stereocenters. The van der Waals surface area contributed by atoms with E-state index in [4.69, 9.17) is 0 Å². The predicted molar refractivity (Wildman–Crippen MR) is 86.6 cm³/mol. The van der Waals surface area contributed by atoms with Gasteiger partial charge in [0.05, 0.1) is 6.04 Å². The van der Waals surface area contributed by atoms with Crippen LogP contribution in [0.3, 0.4) is 0 Å². The molecule has 0 amide bonds. The number of anilines is 2. The molecule has 1 nitrogen and oxygen atoms in total. The minimum absolute atomic E-state index is 0.292. The second-order valence-corrected chi connectivity index (χ2v) is 5.30. The maximum absolute atomic E-state index is 2.36. The highest BCUT2D eigenvalue weighted by atomic mass is 15.2. The van der Waals surface area contributed by atoms with E-state index in [2.05, 4.69) is 91.6 Å². The highest BCUT2D eigenvalue weighted by molar-refractivity contribution is 5.67. The molecule has 100 valence electrons. The van der Waals surface area contributed by atoms with Crippen molar-refractivity contribution in [3.8, 4) is 0 Å². The standard InChI is InChI=1S/C19H19N/c1-15-7-11-18(12-8-15)20(17-5-3-4-6-17)19-13-9-16(2)10-14-19/h3-14,17H,1-2H3. The van der Waals surface area contributed by atoms with Crippen LogP contribution in [0.4, 0.5) is 11.4 Å². The van der Waals surface area contributed by atoms with Crippen LogP contribution in [0, 0.1) is 13.8 Å². The summed E-state index contributed by atoms with van der Waals surface area (Å²) in [4.78, 5) is 2.36. The van der Waals surface area contributed by atoms with Crippen molar-refractivity contribution in [2.45, 2.75) is 19.9 Å². The number of aryl methyl sites for hydroxylation is 2. The van der Waals surface area contributed by atoms with Crippen molar-refractivity contribution in [2.75, 3.05) is 4.90 Å². The Morgan fingerprint density at radius 2 is 1.05 bits per heavy atom. The van der Waals surface area contributed by atoms with Gasteiger partial charge in [0.1, 0.15) is 0 Å². The number of hydrogen-bond donors (Lipinski definition) is 0. The second kappa shape index (κ2) is 5.38. The molecule has 0 saturated carbocycles. The third kappa shape index (κ3) is 2.53. The Kier molecular flexibility index (Phi) is 3.42. The molecule has 2 aromatic carbocycles. The molecule has 2 aromatic rings. The topological polar surface area (TPSA) is 3.24 Å². The zero-order valence-electron chi connectivity index (χ0n) is 12.0. The molecule has 20 heavy (non-hydrogen) atoms. The van der Waals surface area contributed by atoms with Gasteiger partial charge in [-0.3, -0.25) is 0 Å². The van der Waals surface area contributed by atoms with E-state index in [0.717, 1.165) is 0 Å². The summed E-state index contributed by atoms with van der Waals surface area (Å²) in [6, 6.07) is 17.7. The van der Waals surface area contributed by atoms with Gasteiger partial charge in [-0.2, -0.15) is 0 Å². The quantitative estimate of drug-likeness (QED) is 0.756. The monoisotopic (exact) mass is 261 g/mol. The molecule has 1 aliphatic carbocycles. The van der Waals surface area contributed by atoms with E-state index in [-0.39, 0.29) is 0 Å². The van der Waals surface area contributed by atoms with Crippen LogP contribution in [-0.2, 0) is 0 Å². The van der Waals surface area contributed by atoms with Gasteiger partial charge in [-0.1, -0.05) is 59.7 Å². The minimum atomic E-state index is 0.292. The van der Waals surface area contributed by atoms with Gasteiger partial charge in [-0.15, -0.1) is 0 Å². The highest BCUT2D eigenvalue weighted by Crippen LogP contribution is 2.30. The fourth-order valence-corrected chi connectivity index (χ4v) is 2.50. The van der Waals surface area contributed by atoms with Crippen molar-refractivity contribution in [3.05, 3.63) is 84.0 Å². The third-order valence-electron chi connectivity index (χ3n) is 3.65. The maximum Gasteiger partial charge on any atom is 0.0712 e. The summed E-state index contributed by atoms with van der Waals surface area (Å²) in [5.74, 6) is 0. The molecule has 0 fully saturated rings. The number of nitrogens with zero attached hydrogens (tertiary/aromatic N) is 1.